The van der Waals surface area contributed by atoms with E-state index in [1.807, 2.05) is 5.43 Å². The minimum Gasteiger partial charge on any atom is -0.493 e. The van der Waals surface area contributed by atoms with E-state index in [2.05, 4.69) is 18.9 Å². The highest BCUT2D eigenvalue weighted by atomic mass is 19.2. The Hall–Kier alpha value is -2.77. The zero-order valence-corrected chi connectivity index (χ0v) is 15.2. The monoisotopic (exact) mass is 384 g/mol. The van der Waals surface area contributed by atoms with E-state index in [1.165, 1.54) is 13.3 Å². The van der Waals surface area contributed by atoms with Gasteiger partial charge in [0.2, 0.25) is 0 Å². The SMILES string of the molecule is COc1cc(C=NNc2c(F)c(F)cc(F)c2F)ccc1OCCC(C)C. The number of benzene rings is 2. The van der Waals surface area contributed by atoms with Gasteiger partial charge in [-0.05, 0) is 36.1 Å². The van der Waals surface area contributed by atoms with Crippen molar-refractivity contribution >= 4 is 11.9 Å². The Morgan fingerprint density at radius 1 is 1.04 bits per heavy atom. The van der Waals surface area contributed by atoms with Crippen LogP contribution in [0, 0.1) is 29.2 Å². The normalized spacial score (nSPS) is 11.3. The molecule has 2 aromatic carbocycles. The first-order valence-corrected chi connectivity index (χ1v) is 8.26. The summed E-state index contributed by atoms with van der Waals surface area (Å²) in [5.74, 6) is -4.64. The van der Waals surface area contributed by atoms with Crippen LogP contribution in [0.3, 0.4) is 0 Å². The first kappa shape index (κ1) is 20.5. The second-order valence-corrected chi connectivity index (χ2v) is 6.15. The molecule has 0 amide bonds. The van der Waals surface area contributed by atoms with E-state index in [0.29, 0.717) is 29.6 Å². The fourth-order valence-electron chi connectivity index (χ4n) is 2.13. The van der Waals surface area contributed by atoms with E-state index in [9.17, 15) is 17.6 Å². The highest BCUT2D eigenvalue weighted by Crippen LogP contribution is 2.28. The van der Waals surface area contributed by atoms with Crippen LogP contribution < -0.4 is 14.9 Å². The summed E-state index contributed by atoms with van der Waals surface area (Å²) in [5, 5.41) is 3.62. The van der Waals surface area contributed by atoms with Gasteiger partial charge in [-0.15, -0.1) is 0 Å². The van der Waals surface area contributed by atoms with Gasteiger partial charge in [-0.3, -0.25) is 5.43 Å². The number of hydrogen-bond donors (Lipinski definition) is 1. The molecule has 0 aromatic heterocycles. The second kappa shape index (κ2) is 9.25. The molecule has 0 spiro atoms. The molecule has 0 saturated heterocycles. The third-order valence-corrected chi connectivity index (χ3v) is 3.64. The number of hydrogen-bond acceptors (Lipinski definition) is 4. The van der Waals surface area contributed by atoms with Crippen LogP contribution in [0.15, 0.2) is 29.4 Å². The molecule has 0 bridgehead atoms. The van der Waals surface area contributed by atoms with Crippen molar-refractivity contribution in [2.45, 2.75) is 20.3 Å². The Balaban J connectivity index is 2.12. The van der Waals surface area contributed by atoms with Crippen molar-refractivity contribution in [1.29, 1.82) is 0 Å². The molecule has 0 fully saturated rings. The molecule has 0 aliphatic rings. The largest absolute Gasteiger partial charge is 0.493 e. The number of ether oxygens (including phenoxy) is 2. The molecular weight excluding hydrogens is 364 g/mol. The molecule has 146 valence electrons. The molecule has 0 aliphatic heterocycles. The van der Waals surface area contributed by atoms with Crippen LogP contribution >= 0.6 is 0 Å². The average Bonchev–Trinajstić information content (AvgIpc) is 2.63. The van der Waals surface area contributed by atoms with Crippen molar-refractivity contribution < 1.29 is 27.0 Å². The van der Waals surface area contributed by atoms with Gasteiger partial charge < -0.3 is 9.47 Å². The zero-order valence-electron chi connectivity index (χ0n) is 15.2. The molecule has 0 saturated carbocycles. The summed E-state index contributed by atoms with van der Waals surface area (Å²) >= 11 is 0. The third kappa shape index (κ3) is 5.35. The maximum atomic E-state index is 13.6. The maximum Gasteiger partial charge on any atom is 0.186 e. The van der Waals surface area contributed by atoms with Crippen molar-refractivity contribution in [3.05, 3.63) is 53.1 Å². The average molecular weight is 384 g/mol. The number of halogens is 4. The predicted molar refractivity (Wildman–Crippen MR) is 95.4 cm³/mol. The minimum absolute atomic E-state index is 0.127. The second-order valence-electron chi connectivity index (χ2n) is 6.15. The Morgan fingerprint density at radius 2 is 1.70 bits per heavy atom. The van der Waals surface area contributed by atoms with Gasteiger partial charge in [0.15, 0.2) is 34.8 Å². The quantitative estimate of drug-likeness (QED) is 0.297. The fourth-order valence-corrected chi connectivity index (χ4v) is 2.13. The van der Waals surface area contributed by atoms with Crippen molar-refractivity contribution in [2.24, 2.45) is 11.0 Å². The Bertz CT molecular complexity index is 800. The molecule has 4 nitrogen and oxygen atoms in total. The summed E-state index contributed by atoms with van der Waals surface area (Å²) in [6.07, 6.45) is 2.11. The number of rotatable bonds is 8. The van der Waals surface area contributed by atoms with Gasteiger partial charge in [0, 0.05) is 6.07 Å². The number of hydrazone groups is 1. The molecule has 0 aliphatic carbocycles. The first-order chi connectivity index (χ1) is 12.8. The van der Waals surface area contributed by atoms with Crippen LogP contribution in [0.4, 0.5) is 23.2 Å². The van der Waals surface area contributed by atoms with Gasteiger partial charge >= 0.3 is 0 Å². The molecule has 0 heterocycles. The lowest BCUT2D eigenvalue weighted by Gasteiger charge is -2.12. The van der Waals surface area contributed by atoms with Gasteiger partial charge in [-0.2, -0.15) is 5.10 Å². The Morgan fingerprint density at radius 3 is 2.30 bits per heavy atom. The molecule has 8 heteroatoms. The Kier molecular flexibility index (Phi) is 7.04. The Labute approximate surface area is 154 Å². The smallest absolute Gasteiger partial charge is 0.186 e. The van der Waals surface area contributed by atoms with Crippen LogP contribution in [0.1, 0.15) is 25.8 Å². The van der Waals surface area contributed by atoms with E-state index < -0.39 is 29.0 Å². The van der Waals surface area contributed by atoms with Crippen LogP contribution in [-0.2, 0) is 0 Å². The zero-order chi connectivity index (χ0) is 20.0. The molecule has 27 heavy (non-hydrogen) atoms. The van der Waals surface area contributed by atoms with Crippen LogP contribution in [0.2, 0.25) is 0 Å². The molecule has 0 radical (unpaired) electrons. The summed E-state index contributed by atoms with van der Waals surface area (Å²) < 4.78 is 64.4. The summed E-state index contributed by atoms with van der Waals surface area (Å²) in [7, 11) is 1.48. The highest BCUT2D eigenvalue weighted by Gasteiger charge is 2.18. The molecule has 0 unspecified atom stereocenters. The molecule has 1 N–H and O–H groups in total. The van der Waals surface area contributed by atoms with Gasteiger partial charge in [0.05, 0.1) is 19.9 Å². The summed E-state index contributed by atoms with van der Waals surface area (Å²) in [4.78, 5) is 0. The van der Waals surface area contributed by atoms with E-state index in [-0.39, 0.29) is 6.07 Å². The number of nitrogens with zero attached hydrogens (tertiary/aromatic N) is 1. The molecule has 2 aromatic rings. The van der Waals surface area contributed by atoms with Crippen LogP contribution in [0.5, 0.6) is 11.5 Å². The van der Waals surface area contributed by atoms with Crippen molar-refractivity contribution in [1.82, 2.24) is 0 Å². The lowest BCUT2D eigenvalue weighted by molar-refractivity contribution is 0.273. The number of nitrogens with one attached hydrogen (secondary N) is 1. The molecular formula is C19H20F4N2O2. The summed E-state index contributed by atoms with van der Waals surface area (Å²) in [6, 6.07) is 5.05. The lowest BCUT2D eigenvalue weighted by atomic mass is 10.1. The minimum atomic E-state index is -1.56. The predicted octanol–water partition coefficient (Wildman–Crippen LogP) is 5.12. The van der Waals surface area contributed by atoms with E-state index in [1.54, 1.807) is 18.2 Å². The maximum absolute atomic E-state index is 13.6. The van der Waals surface area contributed by atoms with Crippen LogP contribution in [-0.4, -0.2) is 19.9 Å². The van der Waals surface area contributed by atoms with Crippen molar-refractivity contribution in [3.8, 4) is 11.5 Å². The topological polar surface area (TPSA) is 42.8 Å². The number of anilines is 1. The van der Waals surface area contributed by atoms with E-state index >= 15 is 0 Å². The fraction of sp³-hybridized carbons (Fsp3) is 0.316. The van der Waals surface area contributed by atoms with Gasteiger partial charge in [0.1, 0.15) is 5.69 Å². The van der Waals surface area contributed by atoms with E-state index in [0.717, 1.165) is 6.42 Å². The van der Waals surface area contributed by atoms with Gasteiger partial charge in [-0.25, -0.2) is 17.6 Å². The van der Waals surface area contributed by atoms with Crippen LogP contribution in [0.25, 0.3) is 0 Å². The van der Waals surface area contributed by atoms with Crippen molar-refractivity contribution in [2.75, 3.05) is 19.1 Å². The third-order valence-electron chi connectivity index (χ3n) is 3.64. The van der Waals surface area contributed by atoms with Crippen molar-refractivity contribution in [3.63, 3.8) is 0 Å². The number of methoxy groups -OCH3 is 1. The standard InChI is InChI=1S/C19H20F4N2O2/c1-11(2)6-7-27-15-5-4-12(8-16(15)26-3)10-24-25-19-17(22)13(20)9-14(21)18(19)23/h4-5,8-11,25H,6-7H2,1-3H3. The summed E-state index contributed by atoms with van der Waals surface area (Å²) in [6.45, 7) is 4.71. The van der Waals surface area contributed by atoms with E-state index in [4.69, 9.17) is 9.47 Å². The molecule has 0 atom stereocenters. The first-order valence-electron chi connectivity index (χ1n) is 8.26. The summed E-state index contributed by atoms with van der Waals surface area (Å²) in [5.41, 5.74) is 1.49. The molecule has 2 rings (SSSR count). The lowest BCUT2D eigenvalue weighted by Crippen LogP contribution is -2.03. The highest BCUT2D eigenvalue weighted by molar-refractivity contribution is 5.81. The van der Waals surface area contributed by atoms with Gasteiger partial charge in [0.25, 0.3) is 0 Å². The van der Waals surface area contributed by atoms with Gasteiger partial charge in [-0.1, -0.05) is 13.8 Å².